The van der Waals surface area contributed by atoms with Gasteiger partial charge in [0.1, 0.15) is 39.4 Å². The van der Waals surface area contributed by atoms with Crippen LogP contribution in [0.4, 0.5) is 20.2 Å². The lowest BCUT2D eigenvalue weighted by molar-refractivity contribution is -0.151. The van der Waals surface area contributed by atoms with Gasteiger partial charge in [-0.1, -0.05) is 24.3 Å². The van der Waals surface area contributed by atoms with Crippen molar-refractivity contribution in [3.8, 4) is 0 Å². The van der Waals surface area contributed by atoms with Gasteiger partial charge in [0, 0.05) is 81.2 Å². The van der Waals surface area contributed by atoms with Crippen LogP contribution in [0.15, 0.2) is 115 Å². The average Bonchev–Trinajstić information content (AvgIpc) is 2.11. The predicted molar refractivity (Wildman–Crippen MR) is 307 cm³/mol. The number of phosphoric acid groups is 2. The van der Waals surface area contributed by atoms with Crippen LogP contribution in [0.5, 0.6) is 0 Å². The van der Waals surface area contributed by atoms with Crippen molar-refractivity contribution in [3.05, 3.63) is 152 Å². The summed E-state index contributed by atoms with van der Waals surface area (Å²) < 4.78 is 96.0. The van der Waals surface area contributed by atoms with E-state index in [1.807, 2.05) is 39.8 Å². The molecule has 2 aromatic heterocycles. The van der Waals surface area contributed by atoms with E-state index in [0.29, 0.717) is 38.6 Å². The molecule has 29 heteroatoms. The third-order valence-corrected chi connectivity index (χ3v) is 13.7. The van der Waals surface area contributed by atoms with E-state index in [-0.39, 0.29) is 29.9 Å². The summed E-state index contributed by atoms with van der Waals surface area (Å²) in [5.74, 6) is -4.43. The number of fused-ring (bicyclic) bond motifs is 2. The number of carbonyl (C=O) groups is 5. The molecule has 6 aromatic rings. The molecule has 0 aliphatic rings. The van der Waals surface area contributed by atoms with Crippen LogP contribution in [0, 0.1) is 11.6 Å². The summed E-state index contributed by atoms with van der Waals surface area (Å²) in [6.45, 7) is 11.9. The van der Waals surface area contributed by atoms with E-state index in [4.69, 9.17) is 32.2 Å². The van der Waals surface area contributed by atoms with Crippen LogP contribution in [-0.2, 0) is 68.7 Å². The van der Waals surface area contributed by atoms with Crippen LogP contribution in [-0.4, -0.2) is 110 Å². The molecule has 2 amide bonds. The number of anilines is 2. The maximum atomic E-state index is 13.9. The molecule has 0 aliphatic carbocycles. The van der Waals surface area contributed by atoms with Crippen molar-refractivity contribution in [3.63, 3.8) is 0 Å². The van der Waals surface area contributed by atoms with Crippen molar-refractivity contribution >= 4 is 94.6 Å². The van der Waals surface area contributed by atoms with Crippen molar-refractivity contribution < 1.29 is 92.8 Å². The maximum absolute atomic E-state index is 13.9. The molecule has 0 fully saturated rings. The molecule has 2 heterocycles. The number of nitrogens with one attached hydrogen (secondary N) is 2. The molecule has 0 saturated carbocycles. The Labute approximate surface area is 489 Å². The Bertz CT molecular complexity index is 3400. The second-order valence-electron chi connectivity index (χ2n) is 17.7. The molecule has 0 bridgehead atoms. The highest BCUT2D eigenvalue weighted by atomic mass is 79.9. The number of rotatable bonds is 27. The van der Waals surface area contributed by atoms with E-state index >= 15 is 0 Å². The molecular formula is C55H65BrF2N4O20P2. The largest absolute Gasteiger partial charge is 0.480 e. The first-order valence-corrected chi connectivity index (χ1v) is 29.9. The number of alkyl halides is 1. The molecule has 456 valence electrons. The minimum atomic E-state index is -4.82. The van der Waals surface area contributed by atoms with E-state index in [2.05, 4.69) is 55.1 Å². The zero-order valence-corrected chi connectivity index (χ0v) is 50.2. The highest BCUT2D eigenvalue weighted by molar-refractivity contribution is 9.09. The van der Waals surface area contributed by atoms with E-state index in [0.717, 1.165) is 51.4 Å². The number of benzene rings is 4. The summed E-state index contributed by atoms with van der Waals surface area (Å²) in [5.41, 5.74) is 1.22. The number of hydrogen-bond acceptors (Lipinski definition) is 20. The number of nitrogens with zero attached hydrogens (tertiary/aromatic N) is 2. The summed E-state index contributed by atoms with van der Waals surface area (Å²) in [6, 6.07) is 22.5. The number of amides is 2. The molecule has 6 rings (SSSR count). The second kappa shape index (κ2) is 33.9. The lowest BCUT2D eigenvalue weighted by Gasteiger charge is -2.23. The Morgan fingerprint density at radius 3 is 1.30 bits per heavy atom. The number of halogens is 3. The van der Waals surface area contributed by atoms with Crippen molar-refractivity contribution in [2.24, 2.45) is 0 Å². The van der Waals surface area contributed by atoms with Crippen LogP contribution in [0.25, 0.3) is 21.9 Å². The topological polar surface area (TPSA) is 316 Å². The minimum Gasteiger partial charge on any atom is -0.454 e. The van der Waals surface area contributed by atoms with Gasteiger partial charge < -0.3 is 53.3 Å². The summed E-state index contributed by atoms with van der Waals surface area (Å²) in [7, 11) is -9.36. The Hall–Kier alpha value is -7.19. The van der Waals surface area contributed by atoms with E-state index < -0.39 is 101 Å². The highest BCUT2D eigenvalue weighted by Gasteiger charge is 2.31. The first-order chi connectivity index (χ1) is 39.8. The molecule has 4 N–H and O–H groups in total. The third kappa shape index (κ3) is 23.5. The predicted octanol–water partition coefficient (Wildman–Crippen LogP) is 8.45. The first-order valence-electron chi connectivity index (χ1n) is 25.8. The van der Waals surface area contributed by atoms with E-state index in [1.54, 1.807) is 36.4 Å². The molecule has 84 heavy (non-hydrogen) atoms. The quantitative estimate of drug-likeness (QED) is 0.00938. The molecule has 0 saturated heterocycles. The van der Waals surface area contributed by atoms with Crippen LogP contribution in [0.3, 0.4) is 0 Å². The van der Waals surface area contributed by atoms with Gasteiger partial charge in [0.2, 0.25) is 13.6 Å². The van der Waals surface area contributed by atoms with Crippen molar-refractivity contribution in [2.45, 2.75) is 73.4 Å². The van der Waals surface area contributed by atoms with Crippen molar-refractivity contribution in [1.82, 2.24) is 10.6 Å². The number of carbonyl (C=O) groups excluding carboxylic acids is 5. The van der Waals surface area contributed by atoms with Crippen molar-refractivity contribution in [2.75, 3.05) is 68.3 Å². The monoisotopic (exact) mass is 1280 g/mol. The van der Waals surface area contributed by atoms with E-state index in [9.17, 15) is 51.5 Å². The number of esters is 3. The number of hydrogen-bond donors (Lipinski definition) is 4. The normalized spacial score (nSPS) is 11.9. The highest BCUT2D eigenvalue weighted by Crippen LogP contribution is 2.49. The molecule has 0 unspecified atom stereocenters. The van der Waals surface area contributed by atoms with Gasteiger partial charge in [0.25, 0.3) is 11.8 Å². The molecular weight excluding hydrogens is 1220 g/mol. The summed E-state index contributed by atoms with van der Waals surface area (Å²) >= 11 is 2.91. The zero-order chi connectivity index (χ0) is 62.1. The van der Waals surface area contributed by atoms with Gasteiger partial charge in [-0.05, 0) is 128 Å². The molecule has 2 atom stereocenters. The fourth-order valence-corrected chi connectivity index (χ4v) is 9.36. The van der Waals surface area contributed by atoms with Crippen LogP contribution >= 0.6 is 31.6 Å². The number of ether oxygens (including phenoxy) is 3. The third-order valence-electron chi connectivity index (χ3n) is 11.7. The van der Waals surface area contributed by atoms with Gasteiger partial charge in [-0.25, -0.2) is 36.5 Å². The smallest absolute Gasteiger partial charge is 0.454 e. The molecule has 24 nitrogen and oxygen atoms in total. The van der Waals surface area contributed by atoms with Gasteiger partial charge in [-0.3, -0.25) is 33.0 Å². The summed E-state index contributed by atoms with van der Waals surface area (Å²) in [5, 5.41) is 6.19. The standard InChI is InChI=1S/C29H34FN2O11P.C23H26FN2O7P.C3H5BrO2/c1-5-32(6-2)25-11-10-22-14-26(29(36)43-27(22)15-25)28(35)31-24(13-21-8-7-9-23(30)12-21)16-40-44(37,41-17-38-19(3)33)42-18-39-20(4)34;1-3-26(4-2)19-9-8-16-12-20(23(28)33-21(16)13-19)22(27)25-18(14-32-34(29,30)31)11-15-6-5-7-17(24)10-15;1-3(5)6-2-4/h7-12,14-15,24H,5-6,13,16-18H2,1-4H3,(H,31,35);5-10,12-13,18H,3-4,11,14H2,1-2H3,(H,25,27)(H2,29,30,31);2H2,1H3/t24-;18-;/m11./s1. The SMILES string of the molecule is CC(=O)OCBr.CCN(CC)c1ccc2cc(C(=O)N[C@@H](COP(=O)(O)O)Cc3cccc(F)c3)c(=O)oc2c1.CCN(CC)c1ccc2cc(C(=O)N[C@@H](COP(=O)(OCOC(C)=O)OCOC(C)=O)Cc3cccc(F)c3)c(=O)oc2c1. The van der Waals surface area contributed by atoms with Crippen LogP contribution in [0.2, 0.25) is 0 Å². The van der Waals surface area contributed by atoms with Gasteiger partial charge >= 0.3 is 44.8 Å². The zero-order valence-electron chi connectivity index (χ0n) is 46.8. The molecule has 0 aliphatic heterocycles. The van der Waals surface area contributed by atoms with Gasteiger partial charge in [0.15, 0.2) is 0 Å². The Morgan fingerprint density at radius 2 is 0.964 bits per heavy atom. The lowest BCUT2D eigenvalue weighted by Crippen LogP contribution is -2.41. The Kier molecular flexibility index (Phi) is 28.0. The lowest BCUT2D eigenvalue weighted by atomic mass is 10.1. The maximum Gasteiger partial charge on any atom is 0.480 e. The number of phosphoric ester groups is 2. The van der Waals surface area contributed by atoms with Gasteiger partial charge in [0.05, 0.1) is 25.3 Å². The summed E-state index contributed by atoms with van der Waals surface area (Å²) in [4.78, 5) is 106. The first kappa shape index (κ1) is 69.3. The fourth-order valence-electron chi connectivity index (χ4n) is 7.72. The van der Waals surface area contributed by atoms with Gasteiger partial charge in [-0.15, -0.1) is 0 Å². The van der Waals surface area contributed by atoms with Gasteiger partial charge in [-0.2, -0.15) is 0 Å². The average molecular weight is 1280 g/mol. The molecule has 0 radical (unpaired) electrons. The second-order valence-corrected chi connectivity index (χ2v) is 21.1. The Morgan fingerprint density at radius 1 is 0.571 bits per heavy atom. The summed E-state index contributed by atoms with van der Waals surface area (Å²) in [6.07, 6.45) is -0.0286. The van der Waals surface area contributed by atoms with Crippen LogP contribution < -0.4 is 31.7 Å². The van der Waals surface area contributed by atoms with Crippen LogP contribution in [0.1, 0.15) is 80.3 Å². The fraction of sp³-hybridized carbons (Fsp3) is 0.364. The molecule has 0 spiro atoms. The minimum absolute atomic E-state index is 0.00957. The Balaban J connectivity index is 0.000000337. The van der Waals surface area contributed by atoms with E-state index in [1.165, 1.54) is 55.5 Å². The molecule has 4 aromatic carbocycles. The van der Waals surface area contributed by atoms with Crippen molar-refractivity contribution in [1.29, 1.82) is 0 Å².